The predicted octanol–water partition coefficient (Wildman–Crippen LogP) is 4.47. The van der Waals surface area contributed by atoms with Crippen molar-refractivity contribution < 1.29 is 4.39 Å². The quantitative estimate of drug-likeness (QED) is 0.489. The number of nitriles is 1. The first-order valence-corrected chi connectivity index (χ1v) is 9.23. The van der Waals surface area contributed by atoms with Crippen LogP contribution in [0.25, 0.3) is 33.5 Å². The van der Waals surface area contributed by atoms with Gasteiger partial charge in [-0.3, -0.25) is 0 Å². The number of nitrogens with two attached hydrogens (primary N) is 1. The summed E-state index contributed by atoms with van der Waals surface area (Å²) in [5.41, 5.74) is 9.73. The van der Waals surface area contributed by atoms with Crippen molar-refractivity contribution in [2.75, 3.05) is 5.73 Å². The molecule has 0 saturated heterocycles. The Morgan fingerprint density at radius 1 is 0.900 bits per heavy atom. The van der Waals surface area contributed by atoms with E-state index in [2.05, 4.69) is 10.2 Å². The minimum Gasteiger partial charge on any atom is -0.382 e. The fraction of sp³-hybridized carbons (Fsp3) is 0. The minimum atomic E-state index is -0.582. The molecule has 0 unspecified atom stereocenters. The Kier molecular flexibility index (Phi) is 4.04. The monoisotopic (exact) mass is 394 g/mol. The van der Waals surface area contributed by atoms with Crippen LogP contribution in [0.3, 0.4) is 0 Å². The number of nitrogen functional groups attached to an aromatic ring is 1. The molecule has 6 nitrogen and oxygen atoms in total. The van der Waals surface area contributed by atoms with Gasteiger partial charge in [-0.15, -0.1) is 0 Å². The van der Waals surface area contributed by atoms with Crippen molar-refractivity contribution in [2.24, 2.45) is 0 Å². The lowest BCUT2D eigenvalue weighted by Crippen LogP contribution is -2.00. The molecule has 7 heteroatoms. The van der Waals surface area contributed by atoms with Gasteiger partial charge in [0.2, 0.25) is 0 Å². The van der Waals surface area contributed by atoms with Gasteiger partial charge >= 0.3 is 0 Å². The summed E-state index contributed by atoms with van der Waals surface area (Å²) in [6.07, 6.45) is 1.95. The Balaban J connectivity index is 1.61. The van der Waals surface area contributed by atoms with Gasteiger partial charge in [0, 0.05) is 23.2 Å². The summed E-state index contributed by atoms with van der Waals surface area (Å²) in [4.78, 5) is 0. The molecule has 0 radical (unpaired) electrons. The Morgan fingerprint density at radius 2 is 1.73 bits per heavy atom. The molecule has 3 aromatic carbocycles. The number of hydrogen-bond donors (Lipinski definition) is 1. The number of para-hydroxylation sites is 1. The van der Waals surface area contributed by atoms with Crippen molar-refractivity contribution in [3.05, 3.63) is 90.4 Å². The van der Waals surface area contributed by atoms with Gasteiger partial charge in [0.1, 0.15) is 17.7 Å². The van der Waals surface area contributed by atoms with E-state index in [1.165, 1.54) is 12.1 Å². The fourth-order valence-corrected chi connectivity index (χ4v) is 3.42. The lowest BCUT2D eigenvalue weighted by Gasteiger charge is -2.08. The highest BCUT2D eigenvalue weighted by molar-refractivity contribution is 5.81. The van der Waals surface area contributed by atoms with E-state index in [1.807, 2.05) is 65.5 Å². The maximum Gasteiger partial charge on any atom is 0.146 e. The zero-order chi connectivity index (χ0) is 20.7. The van der Waals surface area contributed by atoms with Gasteiger partial charge in [0.15, 0.2) is 0 Å². The highest BCUT2D eigenvalue weighted by Crippen LogP contribution is 2.28. The van der Waals surface area contributed by atoms with Gasteiger partial charge in [-0.2, -0.15) is 15.5 Å². The van der Waals surface area contributed by atoms with Crippen LogP contribution in [0, 0.1) is 17.1 Å². The molecule has 2 aromatic heterocycles. The van der Waals surface area contributed by atoms with Crippen LogP contribution >= 0.6 is 0 Å². The minimum absolute atomic E-state index is 0.00691. The summed E-state index contributed by atoms with van der Waals surface area (Å²) < 4.78 is 17.6. The van der Waals surface area contributed by atoms with Crippen LogP contribution in [0.2, 0.25) is 0 Å². The van der Waals surface area contributed by atoms with Crippen molar-refractivity contribution in [1.82, 2.24) is 19.6 Å². The summed E-state index contributed by atoms with van der Waals surface area (Å²) in [5.74, 6) is -0.268. The standard InChI is InChI=1S/C23H15FN6/c24-20-11-15(6-7-16(20)13-25)22-12-23(26)28-30(22)19-8-9-21-17(10-19)14-29(27-21)18-4-2-1-3-5-18/h1-12,14H,(H2,26,28). The molecule has 5 aromatic rings. The van der Waals surface area contributed by atoms with Crippen LogP contribution in [0.4, 0.5) is 10.2 Å². The molecule has 0 aliphatic carbocycles. The number of nitrogens with zero attached hydrogens (tertiary/aromatic N) is 5. The van der Waals surface area contributed by atoms with Gasteiger partial charge in [-0.25, -0.2) is 13.8 Å². The van der Waals surface area contributed by atoms with Crippen LogP contribution < -0.4 is 5.73 Å². The normalized spacial score (nSPS) is 10.9. The Bertz CT molecular complexity index is 1430. The van der Waals surface area contributed by atoms with Crippen LogP contribution in [0.5, 0.6) is 0 Å². The van der Waals surface area contributed by atoms with Gasteiger partial charge in [-0.1, -0.05) is 24.3 Å². The molecular formula is C23H15FN6. The van der Waals surface area contributed by atoms with Gasteiger partial charge in [-0.05, 0) is 42.5 Å². The first-order chi connectivity index (χ1) is 14.6. The molecule has 0 spiro atoms. The number of anilines is 1. The summed E-state index contributed by atoms with van der Waals surface area (Å²) in [5, 5.41) is 18.9. The second-order valence-electron chi connectivity index (χ2n) is 6.83. The molecule has 5 rings (SSSR count). The number of fused-ring (bicyclic) bond motifs is 1. The number of rotatable bonds is 3. The number of benzene rings is 3. The molecule has 0 fully saturated rings. The van der Waals surface area contributed by atoms with E-state index in [0.717, 1.165) is 22.3 Å². The van der Waals surface area contributed by atoms with Crippen LogP contribution in [0.1, 0.15) is 5.56 Å². The zero-order valence-electron chi connectivity index (χ0n) is 15.7. The molecule has 0 atom stereocenters. The lowest BCUT2D eigenvalue weighted by atomic mass is 10.1. The predicted molar refractivity (Wildman–Crippen MR) is 113 cm³/mol. The Hall–Kier alpha value is -4.44. The number of hydrogen-bond acceptors (Lipinski definition) is 4. The van der Waals surface area contributed by atoms with Crippen molar-refractivity contribution in [3.63, 3.8) is 0 Å². The van der Waals surface area contributed by atoms with Crippen molar-refractivity contribution >= 4 is 16.7 Å². The molecule has 0 aliphatic rings. The van der Waals surface area contributed by atoms with Crippen molar-refractivity contribution in [1.29, 1.82) is 5.26 Å². The van der Waals surface area contributed by atoms with E-state index in [1.54, 1.807) is 16.8 Å². The Labute approximate surface area is 171 Å². The van der Waals surface area contributed by atoms with Crippen molar-refractivity contribution in [3.8, 4) is 28.7 Å². The molecule has 0 bridgehead atoms. The lowest BCUT2D eigenvalue weighted by molar-refractivity contribution is 0.624. The molecule has 2 N–H and O–H groups in total. The largest absolute Gasteiger partial charge is 0.382 e. The molecule has 144 valence electrons. The number of halogens is 1. The number of aromatic nitrogens is 4. The summed E-state index contributed by atoms with van der Waals surface area (Å²) in [6, 6.07) is 23.6. The second kappa shape index (κ2) is 6.87. The first kappa shape index (κ1) is 17.6. The van der Waals surface area contributed by atoms with Gasteiger partial charge in [0.25, 0.3) is 0 Å². The first-order valence-electron chi connectivity index (χ1n) is 9.23. The fourth-order valence-electron chi connectivity index (χ4n) is 3.42. The SMILES string of the molecule is N#Cc1ccc(-c2cc(N)nn2-c2ccc3nn(-c4ccccc4)cc3c2)cc1F. The van der Waals surface area contributed by atoms with Crippen LogP contribution in [0.15, 0.2) is 79.0 Å². The molecule has 0 saturated carbocycles. The molecular weight excluding hydrogens is 379 g/mol. The van der Waals surface area contributed by atoms with E-state index in [4.69, 9.17) is 11.0 Å². The molecule has 2 heterocycles. The van der Waals surface area contributed by atoms with E-state index in [-0.39, 0.29) is 5.56 Å². The third-order valence-electron chi connectivity index (χ3n) is 4.87. The summed E-state index contributed by atoms with van der Waals surface area (Å²) >= 11 is 0. The highest BCUT2D eigenvalue weighted by Gasteiger charge is 2.14. The Morgan fingerprint density at radius 3 is 2.50 bits per heavy atom. The van der Waals surface area contributed by atoms with E-state index < -0.39 is 5.82 Å². The van der Waals surface area contributed by atoms with Crippen LogP contribution in [-0.4, -0.2) is 19.6 Å². The van der Waals surface area contributed by atoms with E-state index >= 15 is 0 Å². The molecule has 30 heavy (non-hydrogen) atoms. The van der Waals surface area contributed by atoms with Crippen LogP contribution in [-0.2, 0) is 0 Å². The summed E-state index contributed by atoms with van der Waals surface area (Å²) in [7, 11) is 0. The maximum atomic E-state index is 14.2. The topological polar surface area (TPSA) is 85.4 Å². The van der Waals surface area contributed by atoms with Gasteiger partial charge in [0.05, 0.1) is 28.1 Å². The van der Waals surface area contributed by atoms with E-state index in [0.29, 0.717) is 17.1 Å². The third-order valence-corrected chi connectivity index (χ3v) is 4.87. The van der Waals surface area contributed by atoms with Gasteiger partial charge < -0.3 is 5.73 Å². The van der Waals surface area contributed by atoms with Crippen molar-refractivity contribution in [2.45, 2.75) is 0 Å². The molecule has 0 amide bonds. The smallest absolute Gasteiger partial charge is 0.146 e. The average Bonchev–Trinajstić information content (AvgIpc) is 3.37. The molecule has 0 aliphatic heterocycles. The maximum absolute atomic E-state index is 14.2. The highest BCUT2D eigenvalue weighted by atomic mass is 19.1. The zero-order valence-corrected chi connectivity index (χ0v) is 15.7. The third kappa shape index (κ3) is 2.97. The summed E-state index contributed by atoms with van der Waals surface area (Å²) in [6.45, 7) is 0. The second-order valence-corrected chi connectivity index (χ2v) is 6.83. The van der Waals surface area contributed by atoms with E-state index in [9.17, 15) is 4.39 Å². The average molecular weight is 394 g/mol.